The molecule has 0 aromatic heterocycles. The quantitative estimate of drug-likeness (QED) is 0.683. The summed E-state index contributed by atoms with van der Waals surface area (Å²) in [4.78, 5) is 13.9. The number of rotatable bonds is 7. The fourth-order valence-electron chi connectivity index (χ4n) is 2.11. The third-order valence-corrected chi connectivity index (χ3v) is 3.05. The van der Waals surface area contributed by atoms with Gasteiger partial charge in [-0.05, 0) is 32.2 Å². The van der Waals surface area contributed by atoms with Crippen molar-refractivity contribution in [3.05, 3.63) is 0 Å². The summed E-state index contributed by atoms with van der Waals surface area (Å²) < 4.78 is 5.52. The van der Waals surface area contributed by atoms with Gasteiger partial charge in [-0.15, -0.1) is 0 Å². The molecule has 4 heteroatoms. The Morgan fingerprint density at radius 3 is 2.94 bits per heavy atom. The van der Waals surface area contributed by atoms with Crippen molar-refractivity contribution >= 4 is 5.91 Å². The van der Waals surface area contributed by atoms with E-state index in [1.54, 1.807) is 0 Å². The molecular weight excluding hydrogens is 216 g/mol. The number of amides is 1. The predicted molar refractivity (Wildman–Crippen MR) is 68.9 cm³/mol. The van der Waals surface area contributed by atoms with Crippen LogP contribution in [-0.2, 0) is 9.53 Å². The number of piperidine rings is 1. The lowest BCUT2D eigenvalue weighted by Gasteiger charge is -2.32. The maximum absolute atomic E-state index is 12.0. The smallest absolute Gasteiger partial charge is 0.239 e. The van der Waals surface area contributed by atoms with Gasteiger partial charge in [-0.2, -0.15) is 0 Å². The Hall–Kier alpha value is -0.610. The Morgan fingerprint density at radius 1 is 1.53 bits per heavy atom. The van der Waals surface area contributed by atoms with E-state index in [0.717, 1.165) is 45.6 Å². The number of hydrogen-bond donors (Lipinski definition) is 1. The largest absolute Gasteiger partial charge is 0.381 e. The summed E-state index contributed by atoms with van der Waals surface area (Å²) in [5.41, 5.74) is 0. The number of carbonyl (C=O) groups is 1. The fourth-order valence-corrected chi connectivity index (χ4v) is 2.11. The molecule has 1 fully saturated rings. The van der Waals surface area contributed by atoms with Gasteiger partial charge in [-0.25, -0.2) is 0 Å². The SMILES string of the molecule is CNC1CCCN(CCCOCC(C)C)C1=O. The highest BCUT2D eigenvalue weighted by Gasteiger charge is 2.26. The highest BCUT2D eigenvalue weighted by molar-refractivity contribution is 5.82. The maximum Gasteiger partial charge on any atom is 0.239 e. The van der Waals surface area contributed by atoms with Crippen LogP contribution < -0.4 is 5.32 Å². The number of ether oxygens (including phenoxy) is 1. The minimum Gasteiger partial charge on any atom is -0.381 e. The van der Waals surface area contributed by atoms with E-state index in [-0.39, 0.29) is 11.9 Å². The van der Waals surface area contributed by atoms with Gasteiger partial charge in [-0.1, -0.05) is 13.8 Å². The van der Waals surface area contributed by atoms with Crippen molar-refractivity contribution in [3.63, 3.8) is 0 Å². The minimum absolute atomic E-state index is 0.0281. The van der Waals surface area contributed by atoms with E-state index < -0.39 is 0 Å². The van der Waals surface area contributed by atoms with E-state index in [1.807, 2.05) is 11.9 Å². The van der Waals surface area contributed by atoms with Gasteiger partial charge in [0.2, 0.25) is 5.91 Å². The van der Waals surface area contributed by atoms with E-state index >= 15 is 0 Å². The standard InChI is InChI=1S/C13H26N2O2/c1-11(2)10-17-9-5-8-15-7-4-6-12(14-3)13(15)16/h11-12,14H,4-10H2,1-3H3. The molecule has 1 heterocycles. The number of carbonyl (C=O) groups excluding carboxylic acids is 1. The van der Waals surface area contributed by atoms with Crippen molar-refractivity contribution < 1.29 is 9.53 Å². The minimum atomic E-state index is 0.0281. The normalized spacial score (nSPS) is 21.3. The molecule has 1 aliphatic heterocycles. The van der Waals surface area contributed by atoms with Crippen molar-refractivity contribution in [1.29, 1.82) is 0 Å². The number of nitrogens with one attached hydrogen (secondary N) is 1. The molecule has 17 heavy (non-hydrogen) atoms. The molecule has 4 nitrogen and oxygen atoms in total. The Balaban J connectivity index is 2.15. The van der Waals surface area contributed by atoms with Gasteiger partial charge in [0, 0.05) is 26.3 Å². The van der Waals surface area contributed by atoms with Crippen LogP contribution >= 0.6 is 0 Å². The summed E-state index contributed by atoms with van der Waals surface area (Å²) in [6, 6.07) is 0.0281. The van der Waals surface area contributed by atoms with Crippen molar-refractivity contribution in [2.45, 2.75) is 39.2 Å². The molecule has 0 aromatic rings. The average molecular weight is 242 g/mol. The molecule has 1 N–H and O–H groups in total. The molecule has 0 saturated carbocycles. The van der Waals surface area contributed by atoms with Crippen molar-refractivity contribution in [3.8, 4) is 0 Å². The van der Waals surface area contributed by atoms with Crippen molar-refractivity contribution in [1.82, 2.24) is 10.2 Å². The van der Waals surface area contributed by atoms with Crippen LogP contribution in [0.3, 0.4) is 0 Å². The average Bonchev–Trinajstić information content (AvgIpc) is 2.30. The summed E-state index contributed by atoms with van der Waals surface area (Å²) in [7, 11) is 1.86. The monoisotopic (exact) mass is 242 g/mol. The van der Waals surface area contributed by atoms with Gasteiger partial charge >= 0.3 is 0 Å². The molecule has 1 aliphatic rings. The first-order valence-electron chi connectivity index (χ1n) is 6.69. The van der Waals surface area contributed by atoms with Gasteiger partial charge in [0.1, 0.15) is 0 Å². The first kappa shape index (κ1) is 14.5. The lowest BCUT2D eigenvalue weighted by atomic mass is 10.0. The van der Waals surface area contributed by atoms with Gasteiger partial charge in [-0.3, -0.25) is 4.79 Å². The predicted octanol–water partition coefficient (Wildman–Crippen LogP) is 1.26. The molecule has 100 valence electrons. The summed E-state index contributed by atoms with van der Waals surface area (Å²) in [5.74, 6) is 0.836. The van der Waals surface area contributed by atoms with Crippen LogP contribution in [0.15, 0.2) is 0 Å². The first-order chi connectivity index (χ1) is 8.15. The number of nitrogens with zero attached hydrogens (tertiary/aromatic N) is 1. The number of hydrogen-bond acceptors (Lipinski definition) is 3. The number of likely N-dealkylation sites (tertiary alicyclic amines) is 1. The number of likely N-dealkylation sites (N-methyl/N-ethyl adjacent to an activating group) is 1. The van der Waals surface area contributed by atoms with Gasteiger partial charge < -0.3 is 15.0 Å². The molecule has 1 unspecified atom stereocenters. The van der Waals surface area contributed by atoms with Crippen molar-refractivity contribution in [2.24, 2.45) is 5.92 Å². The molecule has 0 aliphatic carbocycles. The van der Waals surface area contributed by atoms with E-state index in [9.17, 15) is 4.79 Å². The van der Waals surface area contributed by atoms with Gasteiger partial charge in [0.05, 0.1) is 6.04 Å². The molecule has 1 rings (SSSR count). The van der Waals surface area contributed by atoms with Crippen LogP contribution in [0.5, 0.6) is 0 Å². The lowest BCUT2D eigenvalue weighted by Crippen LogP contribution is -2.49. The summed E-state index contributed by atoms with van der Waals surface area (Å²) in [6.07, 6.45) is 3.01. The molecule has 0 aromatic carbocycles. The van der Waals surface area contributed by atoms with E-state index in [0.29, 0.717) is 5.92 Å². The van der Waals surface area contributed by atoms with Gasteiger partial charge in [0.25, 0.3) is 0 Å². The second-order valence-corrected chi connectivity index (χ2v) is 5.13. The summed E-state index contributed by atoms with van der Waals surface area (Å²) in [5, 5.41) is 3.08. The van der Waals surface area contributed by atoms with Crippen molar-refractivity contribution in [2.75, 3.05) is 33.4 Å². The molecule has 0 spiro atoms. The second-order valence-electron chi connectivity index (χ2n) is 5.13. The Morgan fingerprint density at radius 2 is 2.29 bits per heavy atom. The topological polar surface area (TPSA) is 41.6 Å². The van der Waals surface area contributed by atoms with Gasteiger partial charge in [0.15, 0.2) is 0 Å². The third-order valence-electron chi connectivity index (χ3n) is 3.05. The molecule has 1 saturated heterocycles. The highest BCUT2D eigenvalue weighted by Crippen LogP contribution is 2.11. The summed E-state index contributed by atoms with van der Waals surface area (Å²) >= 11 is 0. The maximum atomic E-state index is 12.0. The third kappa shape index (κ3) is 5.04. The van der Waals surface area contributed by atoms with Crippen LogP contribution in [0.4, 0.5) is 0 Å². The molecule has 1 atom stereocenters. The summed E-state index contributed by atoms with van der Waals surface area (Å²) in [6.45, 7) is 7.59. The Bertz CT molecular complexity index is 231. The lowest BCUT2D eigenvalue weighted by molar-refractivity contribution is -0.136. The van der Waals surface area contributed by atoms with E-state index in [2.05, 4.69) is 19.2 Å². The van der Waals surface area contributed by atoms with Crippen LogP contribution in [0, 0.1) is 5.92 Å². The van der Waals surface area contributed by atoms with E-state index in [4.69, 9.17) is 4.74 Å². The zero-order valence-corrected chi connectivity index (χ0v) is 11.4. The first-order valence-corrected chi connectivity index (χ1v) is 6.69. The van der Waals surface area contributed by atoms with Crippen LogP contribution in [-0.4, -0.2) is 50.2 Å². The highest BCUT2D eigenvalue weighted by atomic mass is 16.5. The molecule has 1 amide bonds. The molecule has 0 bridgehead atoms. The Kier molecular flexibility index (Phi) is 6.52. The van der Waals surface area contributed by atoms with Crippen LogP contribution in [0.2, 0.25) is 0 Å². The Labute approximate surface area is 105 Å². The van der Waals surface area contributed by atoms with E-state index in [1.165, 1.54) is 0 Å². The van der Waals surface area contributed by atoms with Crippen LogP contribution in [0.25, 0.3) is 0 Å². The fraction of sp³-hybridized carbons (Fsp3) is 0.923. The molecular formula is C13H26N2O2. The zero-order valence-electron chi connectivity index (χ0n) is 11.4. The zero-order chi connectivity index (χ0) is 12.7. The second kappa shape index (κ2) is 7.67. The molecule has 0 radical (unpaired) electrons. The van der Waals surface area contributed by atoms with Crippen LogP contribution in [0.1, 0.15) is 33.1 Å².